The molecule has 0 fully saturated rings. The Hall–Kier alpha value is -3.40. The van der Waals surface area contributed by atoms with Gasteiger partial charge in [-0.1, -0.05) is 60.7 Å². The normalized spacial score (nSPS) is 10.8. The van der Waals surface area contributed by atoms with Crippen LogP contribution in [-0.2, 0) is 4.74 Å². The summed E-state index contributed by atoms with van der Waals surface area (Å²) < 4.78 is 6.95. The van der Waals surface area contributed by atoms with E-state index in [2.05, 4.69) is 4.98 Å². The van der Waals surface area contributed by atoms with Crippen LogP contribution in [0, 0.1) is 0 Å². The van der Waals surface area contributed by atoms with Crippen LogP contribution in [0.2, 0.25) is 0 Å². The largest absolute Gasteiger partial charge is 0.465 e. The molecular weight excluding hydrogens is 312 g/mol. The standard InChI is InChI=1S/C21H16N2O2/c1-25-21(24)19-17(15-8-4-2-5-9-15)14-18(16-10-6-3-7-11-16)23-13-12-22-20(19)23/h2-14H,1H3. The van der Waals surface area contributed by atoms with Gasteiger partial charge in [0.05, 0.1) is 12.8 Å². The summed E-state index contributed by atoms with van der Waals surface area (Å²) in [7, 11) is 1.39. The van der Waals surface area contributed by atoms with Crippen LogP contribution in [0.5, 0.6) is 0 Å². The highest BCUT2D eigenvalue weighted by Gasteiger charge is 2.21. The second-order valence-electron chi connectivity index (χ2n) is 5.66. The minimum absolute atomic E-state index is 0.394. The summed E-state index contributed by atoms with van der Waals surface area (Å²) in [6.45, 7) is 0. The van der Waals surface area contributed by atoms with Crippen molar-refractivity contribution in [1.29, 1.82) is 0 Å². The lowest BCUT2D eigenvalue weighted by molar-refractivity contribution is 0.0603. The number of methoxy groups -OCH3 is 1. The highest BCUT2D eigenvalue weighted by Crippen LogP contribution is 2.32. The first-order valence-electron chi connectivity index (χ1n) is 7.99. The molecule has 0 spiro atoms. The smallest absolute Gasteiger partial charge is 0.342 e. The van der Waals surface area contributed by atoms with Crippen LogP contribution in [0.4, 0.5) is 0 Å². The van der Waals surface area contributed by atoms with Crippen molar-refractivity contribution in [1.82, 2.24) is 9.38 Å². The number of fused-ring (bicyclic) bond motifs is 1. The van der Waals surface area contributed by atoms with E-state index >= 15 is 0 Å². The van der Waals surface area contributed by atoms with E-state index in [0.29, 0.717) is 11.2 Å². The lowest BCUT2D eigenvalue weighted by atomic mass is 9.98. The molecule has 0 radical (unpaired) electrons. The van der Waals surface area contributed by atoms with Gasteiger partial charge in [0.1, 0.15) is 5.56 Å². The van der Waals surface area contributed by atoms with Gasteiger partial charge in [-0.25, -0.2) is 9.78 Å². The van der Waals surface area contributed by atoms with Gasteiger partial charge in [0.2, 0.25) is 0 Å². The number of hydrogen-bond donors (Lipinski definition) is 0. The summed E-state index contributed by atoms with van der Waals surface area (Å²) in [5, 5.41) is 0. The van der Waals surface area contributed by atoms with Crippen LogP contribution < -0.4 is 0 Å². The molecule has 2 heterocycles. The first-order chi connectivity index (χ1) is 12.3. The highest BCUT2D eigenvalue weighted by atomic mass is 16.5. The fraction of sp³-hybridized carbons (Fsp3) is 0.0476. The lowest BCUT2D eigenvalue weighted by Crippen LogP contribution is -2.08. The van der Waals surface area contributed by atoms with Crippen molar-refractivity contribution in [3.63, 3.8) is 0 Å². The number of hydrogen-bond acceptors (Lipinski definition) is 3. The Morgan fingerprint density at radius 1 is 0.960 bits per heavy atom. The number of ether oxygens (including phenoxy) is 1. The SMILES string of the molecule is COC(=O)c1c(-c2ccccc2)cc(-c2ccccc2)n2ccnc12. The quantitative estimate of drug-likeness (QED) is 0.522. The highest BCUT2D eigenvalue weighted by molar-refractivity contribution is 6.04. The molecule has 4 heteroatoms. The monoisotopic (exact) mass is 328 g/mol. The molecule has 0 aliphatic rings. The van der Waals surface area contributed by atoms with Gasteiger partial charge in [0.15, 0.2) is 5.65 Å². The van der Waals surface area contributed by atoms with E-state index in [-0.39, 0.29) is 0 Å². The zero-order valence-electron chi connectivity index (χ0n) is 13.7. The molecule has 4 aromatic rings. The average molecular weight is 328 g/mol. The number of rotatable bonds is 3. The van der Waals surface area contributed by atoms with Gasteiger partial charge in [-0.3, -0.25) is 4.40 Å². The third-order valence-electron chi connectivity index (χ3n) is 4.22. The molecule has 25 heavy (non-hydrogen) atoms. The van der Waals surface area contributed by atoms with Gasteiger partial charge >= 0.3 is 5.97 Å². The first-order valence-corrected chi connectivity index (χ1v) is 7.99. The summed E-state index contributed by atoms with van der Waals surface area (Å²) in [6.07, 6.45) is 3.56. The Balaban J connectivity index is 2.10. The molecule has 0 aliphatic carbocycles. The molecule has 0 saturated heterocycles. The molecule has 4 nitrogen and oxygen atoms in total. The molecular formula is C21H16N2O2. The van der Waals surface area contributed by atoms with Crippen molar-refractivity contribution in [2.24, 2.45) is 0 Å². The van der Waals surface area contributed by atoms with E-state index in [0.717, 1.165) is 22.4 Å². The molecule has 0 unspecified atom stereocenters. The predicted molar refractivity (Wildman–Crippen MR) is 97.4 cm³/mol. The Morgan fingerprint density at radius 3 is 2.24 bits per heavy atom. The van der Waals surface area contributed by atoms with Crippen molar-refractivity contribution in [2.75, 3.05) is 7.11 Å². The Kier molecular flexibility index (Phi) is 3.78. The van der Waals surface area contributed by atoms with Crippen molar-refractivity contribution in [3.05, 3.63) is 84.7 Å². The Labute approximate surface area is 145 Å². The molecule has 122 valence electrons. The molecule has 0 atom stereocenters. The molecule has 2 aromatic carbocycles. The van der Waals surface area contributed by atoms with Crippen molar-refractivity contribution >= 4 is 11.6 Å². The van der Waals surface area contributed by atoms with Crippen LogP contribution in [0.3, 0.4) is 0 Å². The van der Waals surface area contributed by atoms with E-state index in [1.165, 1.54) is 7.11 Å². The number of pyridine rings is 1. The number of aromatic nitrogens is 2. The van der Waals surface area contributed by atoms with Crippen molar-refractivity contribution in [2.45, 2.75) is 0 Å². The lowest BCUT2D eigenvalue weighted by Gasteiger charge is -2.14. The second kappa shape index (κ2) is 6.24. The van der Waals surface area contributed by atoms with Crippen LogP contribution in [-0.4, -0.2) is 22.5 Å². The third kappa shape index (κ3) is 2.58. The van der Waals surface area contributed by atoms with Crippen LogP contribution in [0.15, 0.2) is 79.1 Å². The summed E-state index contributed by atoms with van der Waals surface area (Å²) in [5.41, 5.74) is 4.85. The fourth-order valence-corrected chi connectivity index (χ4v) is 3.06. The zero-order chi connectivity index (χ0) is 17.2. The minimum Gasteiger partial charge on any atom is -0.465 e. The molecule has 0 amide bonds. The van der Waals surface area contributed by atoms with E-state index in [9.17, 15) is 4.79 Å². The first kappa shape index (κ1) is 15.1. The predicted octanol–water partition coefficient (Wildman–Crippen LogP) is 4.45. The van der Waals surface area contributed by atoms with Gasteiger partial charge < -0.3 is 4.74 Å². The van der Waals surface area contributed by atoms with Crippen LogP contribution in [0.1, 0.15) is 10.4 Å². The maximum Gasteiger partial charge on any atom is 0.342 e. The van der Waals surface area contributed by atoms with Gasteiger partial charge in [-0.15, -0.1) is 0 Å². The maximum atomic E-state index is 12.5. The van der Waals surface area contributed by atoms with Crippen LogP contribution in [0.25, 0.3) is 28.0 Å². The molecule has 0 bridgehead atoms. The summed E-state index contributed by atoms with van der Waals surface area (Å²) >= 11 is 0. The van der Waals surface area contributed by atoms with E-state index in [1.54, 1.807) is 6.20 Å². The van der Waals surface area contributed by atoms with E-state index < -0.39 is 5.97 Å². The van der Waals surface area contributed by atoms with Crippen molar-refractivity contribution in [3.8, 4) is 22.4 Å². The van der Waals surface area contributed by atoms with Gasteiger partial charge in [-0.2, -0.15) is 0 Å². The van der Waals surface area contributed by atoms with Gasteiger partial charge in [0, 0.05) is 18.0 Å². The van der Waals surface area contributed by atoms with E-state index in [4.69, 9.17) is 4.74 Å². The molecule has 0 N–H and O–H groups in total. The van der Waals surface area contributed by atoms with Crippen LogP contribution >= 0.6 is 0 Å². The maximum absolute atomic E-state index is 12.5. The second-order valence-corrected chi connectivity index (χ2v) is 5.66. The minimum atomic E-state index is -0.394. The fourth-order valence-electron chi connectivity index (χ4n) is 3.06. The average Bonchev–Trinajstić information content (AvgIpc) is 3.17. The topological polar surface area (TPSA) is 43.6 Å². The van der Waals surface area contributed by atoms with E-state index in [1.807, 2.05) is 77.3 Å². The third-order valence-corrected chi connectivity index (χ3v) is 4.22. The summed E-state index contributed by atoms with van der Waals surface area (Å²) in [5.74, 6) is -0.394. The summed E-state index contributed by atoms with van der Waals surface area (Å²) in [4.78, 5) is 16.9. The zero-order valence-corrected chi connectivity index (χ0v) is 13.7. The number of imidazole rings is 1. The number of benzene rings is 2. The molecule has 0 saturated carbocycles. The Morgan fingerprint density at radius 2 is 1.60 bits per heavy atom. The van der Waals surface area contributed by atoms with Gasteiger partial charge in [0.25, 0.3) is 0 Å². The number of carbonyl (C=O) groups excluding carboxylic acids is 1. The number of carbonyl (C=O) groups is 1. The summed E-state index contributed by atoms with van der Waals surface area (Å²) in [6, 6.07) is 21.9. The molecule has 4 rings (SSSR count). The molecule has 0 aliphatic heterocycles. The number of nitrogens with zero attached hydrogens (tertiary/aromatic N) is 2. The van der Waals surface area contributed by atoms with Gasteiger partial charge in [-0.05, 0) is 17.2 Å². The number of esters is 1. The van der Waals surface area contributed by atoms with Crippen molar-refractivity contribution < 1.29 is 9.53 Å². The molecule has 2 aromatic heterocycles. The Bertz CT molecular complexity index is 1040.